The average molecular weight is 213 g/mol. The van der Waals surface area contributed by atoms with Gasteiger partial charge in [-0.25, -0.2) is 15.8 Å². The van der Waals surface area contributed by atoms with Crippen LogP contribution in [0.25, 0.3) is 0 Å². The second-order valence-corrected chi connectivity index (χ2v) is 3.12. The van der Waals surface area contributed by atoms with Gasteiger partial charge in [0.2, 0.25) is 0 Å². The van der Waals surface area contributed by atoms with E-state index in [1.165, 1.54) is 18.0 Å². The van der Waals surface area contributed by atoms with E-state index in [0.717, 1.165) is 0 Å². The van der Waals surface area contributed by atoms with Gasteiger partial charge in [0.1, 0.15) is 11.4 Å². The molecule has 0 bridgehead atoms. The van der Waals surface area contributed by atoms with Crippen molar-refractivity contribution in [2.45, 2.75) is 5.16 Å². The molecule has 14 heavy (non-hydrogen) atoms. The minimum atomic E-state index is -0.415. The van der Waals surface area contributed by atoms with Gasteiger partial charge in [0.15, 0.2) is 5.16 Å². The van der Waals surface area contributed by atoms with Gasteiger partial charge >= 0.3 is 0 Å². The van der Waals surface area contributed by atoms with E-state index in [4.69, 9.17) is 5.84 Å². The van der Waals surface area contributed by atoms with Crippen LogP contribution in [-0.2, 0) is 0 Å². The fourth-order valence-electron chi connectivity index (χ4n) is 0.898. The molecule has 76 valence electrons. The number of thioether (sulfide) groups is 1. The third-order valence-corrected chi connectivity index (χ3v) is 2.12. The molecule has 0 aromatic carbocycles. The molecule has 0 saturated carbocycles. The summed E-state index contributed by atoms with van der Waals surface area (Å²) in [5.41, 5.74) is 2.35. The van der Waals surface area contributed by atoms with E-state index in [1.54, 1.807) is 7.05 Å². The average Bonchev–Trinajstić information content (AvgIpc) is 2.27. The number of nitrogens with zero attached hydrogens (tertiary/aromatic N) is 2. The monoisotopic (exact) mass is 213 g/mol. The number of carbonyl (C=O) groups is 1. The maximum atomic E-state index is 11.2. The van der Waals surface area contributed by atoms with Crippen molar-refractivity contribution in [3.05, 3.63) is 11.8 Å². The molecule has 0 fully saturated rings. The molecule has 0 spiro atoms. The summed E-state index contributed by atoms with van der Waals surface area (Å²) >= 11 is 1.40. The Hall–Kier alpha value is -1.34. The van der Waals surface area contributed by atoms with Crippen LogP contribution >= 0.6 is 11.8 Å². The first-order valence-electron chi connectivity index (χ1n) is 3.82. The van der Waals surface area contributed by atoms with E-state index >= 15 is 0 Å². The number of anilines is 1. The number of rotatable bonds is 3. The molecule has 0 unspecified atom stereocenters. The van der Waals surface area contributed by atoms with Gasteiger partial charge in [-0.15, -0.1) is 0 Å². The molecular formula is C7H11N5OS. The van der Waals surface area contributed by atoms with E-state index < -0.39 is 5.91 Å². The molecule has 6 nitrogen and oxygen atoms in total. The van der Waals surface area contributed by atoms with Gasteiger partial charge < -0.3 is 5.32 Å². The summed E-state index contributed by atoms with van der Waals surface area (Å²) < 4.78 is 0. The number of hydrogen-bond donors (Lipinski definition) is 3. The predicted molar refractivity (Wildman–Crippen MR) is 55.0 cm³/mol. The SMILES string of the molecule is CNc1nc(SC)ncc1C(=O)NN. The van der Waals surface area contributed by atoms with Crippen molar-refractivity contribution in [2.75, 3.05) is 18.6 Å². The lowest BCUT2D eigenvalue weighted by atomic mass is 10.3. The Balaban J connectivity index is 3.11. The van der Waals surface area contributed by atoms with Crippen molar-refractivity contribution >= 4 is 23.5 Å². The van der Waals surface area contributed by atoms with Gasteiger partial charge in [-0.2, -0.15) is 0 Å². The number of nitrogens with one attached hydrogen (secondary N) is 2. The van der Waals surface area contributed by atoms with Crippen molar-refractivity contribution in [3.8, 4) is 0 Å². The Morgan fingerprint density at radius 3 is 2.86 bits per heavy atom. The number of nitrogens with two attached hydrogens (primary N) is 1. The van der Waals surface area contributed by atoms with E-state index in [1.807, 2.05) is 11.7 Å². The molecule has 0 atom stereocenters. The van der Waals surface area contributed by atoms with Crippen LogP contribution in [0.4, 0.5) is 5.82 Å². The van der Waals surface area contributed by atoms with Crippen molar-refractivity contribution < 1.29 is 4.79 Å². The number of amides is 1. The summed E-state index contributed by atoms with van der Waals surface area (Å²) in [7, 11) is 1.68. The van der Waals surface area contributed by atoms with E-state index in [0.29, 0.717) is 16.5 Å². The van der Waals surface area contributed by atoms with Crippen LogP contribution < -0.4 is 16.6 Å². The first-order chi connectivity index (χ1) is 6.72. The smallest absolute Gasteiger partial charge is 0.270 e. The van der Waals surface area contributed by atoms with Crippen LogP contribution in [0, 0.1) is 0 Å². The van der Waals surface area contributed by atoms with Crippen LogP contribution in [0.1, 0.15) is 10.4 Å². The fraction of sp³-hybridized carbons (Fsp3) is 0.286. The van der Waals surface area contributed by atoms with Crippen molar-refractivity contribution in [1.29, 1.82) is 0 Å². The fourth-order valence-corrected chi connectivity index (χ4v) is 1.24. The lowest BCUT2D eigenvalue weighted by Crippen LogP contribution is -2.31. The van der Waals surface area contributed by atoms with Crippen LogP contribution in [0.3, 0.4) is 0 Å². The summed E-state index contributed by atoms with van der Waals surface area (Å²) in [6.07, 6.45) is 3.30. The van der Waals surface area contributed by atoms with Crippen LogP contribution in [0.15, 0.2) is 11.4 Å². The highest BCUT2D eigenvalue weighted by atomic mass is 32.2. The molecular weight excluding hydrogens is 202 g/mol. The lowest BCUT2D eigenvalue weighted by Gasteiger charge is -2.06. The topological polar surface area (TPSA) is 92.9 Å². The maximum Gasteiger partial charge on any atom is 0.270 e. The van der Waals surface area contributed by atoms with Crippen LogP contribution in [-0.4, -0.2) is 29.2 Å². The Kier molecular flexibility index (Phi) is 3.66. The third-order valence-electron chi connectivity index (χ3n) is 1.56. The second kappa shape index (κ2) is 4.77. The summed E-state index contributed by atoms with van der Waals surface area (Å²) in [4.78, 5) is 19.3. The van der Waals surface area contributed by atoms with Crippen molar-refractivity contribution in [1.82, 2.24) is 15.4 Å². The van der Waals surface area contributed by atoms with Gasteiger partial charge in [-0.05, 0) is 6.26 Å². The van der Waals surface area contributed by atoms with Gasteiger partial charge in [0.25, 0.3) is 5.91 Å². The molecule has 1 rings (SSSR count). The maximum absolute atomic E-state index is 11.2. The molecule has 1 aromatic rings. The highest BCUT2D eigenvalue weighted by molar-refractivity contribution is 7.98. The quantitative estimate of drug-likeness (QED) is 0.212. The highest BCUT2D eigenvalue weighted by Crippen LogP contribution is 2.15. The van der Waals surface area contributed by atoms with E-state index in [9.17, 15) is 4.79 Å². The van der Waals surface area contributed by atoms with Gasteiger partial charge in [0, 0.05) is 13.2 Å². The molecule has 0 aliphatic rings. The predicted octanol–water partition coefficient (Wildman–Crippen LogP) is -0.156. The lowest BCUT2D eigenvalue weighted by molar-refractivity contribution is 0.0953. The molecule has 0 radical (unpaired) electrons. The van der Waals surface area contributed by atoms with Crippen molar-refractivity contribution in [3.63, 3.8) is 0 Å². The molecule has 0 aliphatic heterocycles. The van der Waals surface area contributed by atoms with E-state index in [2.05, 4.69) is 15.3 Å². The molecule has 1 amide bonds. The zero-order chi connectivity index (χ0) is 10.6. The molecule has 0 saturated heterocycles. The third kappa shape index (κ3) is 2.12. The highest BCUT2D eigenvalue weighted by Gasteiger charge is 2.11. The van der Waals surface area contributed by atoms with Gasteiger partial charge in [0.05, 0.1) is 0 Å². The second-order valence-electron chi connectivity index (χ2n) is 2.34. The van der Waals surface area contributed by atoms with Crippen molar-refractivity contribution in [2.24, 2.45) is 5.84 Å². The van der Waals surface area contributed by atoms with Crippen LogP contribution in [0.5, 0.6) is 0 Å². The number of hydrazine groups is 1. The van der Waals surface area contributed by atoms with Gasteiger partial charge in [-0.3, -0.25) is 10.2 Å². The molecule has 1 aromatic heterocycles. The molecule has 0 aliphatic carbocycles. The zero-order valence-corrected chi connectivity index (χ0v) is 8.68. The molecule has 4 N–H and O–H groups in total. The zero-order valence-electron chi connectivity index (χ0n) is 7.87. The first-order valence-corrected chi connectivity index (χ1v) is 5.05. The Labute approximate surface area is 85.7 Å². The number of hydrogen-bond acceptors (Lipinski definition) is 6. The minimum Gasteiger partial charge on any atom is -0.372 e. The number of carbonyl (C=O) groups excluding carboxylic acids is 1. The Morgan fingerprint density at radius 2 is 2.36 bits per heavy atom. The van der Waals surface area contributed by atoms with Crippen LogP contribution in [0.2, 0.25) is 0 Å². The normalized spacial score (nSPS) is 9.64. The summed E-state index contributed by atoms with van der Waals surface area (Å²) in [6, 6.07) is 0. The standard InChI is InChI=1S/C7H11N5OS/c1-9-5-4(6(13)12-8)3-10-7(11-5)14-2/h3H,8H2,1-2H3,(H,12,13)(H,9,10,11). The minimum absolute atomic E-state index is 0.327. The Morgan fingerprint density at radius 1 is 1.64 bits per heavy atom. The summed E-state index contributed by atoms with van der Waals surface area (Å²) in [5.74, 6) is 5.06. The summed E-state index contributed by atoms with van der Waals surface area (Å²) in [6.45, 7) is 0. The van der Waals surface area contributed by atoms with E-state index in [-0.39, 0.29) is 0 Å². The largest absolute Gasteiger partial charge is 0.372 e. The van der Waals surface area contributed by atoms with Gasteiger partial charge in [-0.1, -0.05) is 11.8 Å². The molecule has 7 heteroatoms. The Bertz CT molecular complexity index is 343. The number of nitrogen functional groups attached to an aromatic ring is 1. The first kappa shape index (κ1) is 10.7. The summed E-state index contributed by atoms with van der Waals surface area (Å²) in [5, 5.41) is 3.40. The number of aromatic nitrogens is 2. The molecule has 1 heterocycles.